The highest BCUT2D eigenvalue weighted by Crippen LogP contribution is 2.16. The molecular formula is C11H13BrFNO2. The average Bonchev–Trinajstić information content (AvgIpc) is 2.29. The minimum atomic E-state index is -0.566. The Morgan fingerprint density at radius 2 is 2.31 bits per heavy atom. The smallest absolute Gasteiger partial charge is 0.251 e. The van der Waals surface area contributed by atoms with Crippen LogP contribution in [0.3, 0.4) is 0 Å². The third-order valence-corrected chi connectivity index (χ3v) is 2.79. The largest absolute Gasteiger partial charge is 0.391 e. The molecule has 5 heteroatoms. The predicted molar refractivity (Wildman–Crippen MR) is 62.7 cm³/mol. The second kappa shape index (κ2) is 5.96. The number of amides is 1. The van der Waals surface area contributed by atoms with Crippen molar-refractivity contribution >= 4 is 21.8 Å². The van der Waals surface area contributed by atoms with E-state index in [9.17, 15) is 14.3 Å². The number of aliphatic hydroxyl groups excluding tert-OH is 1. The van der Waals surface area contributed by atoms with Gasteiger partial charge in [-0.05, 0) is 40.5 Å². The van der Waals surface area contributed by atoms with E-state index in [1.54, 1.807) is 0 Å². The zero-order valence-electron chi connectivity index (χ0n) is 8.84. The molecule has 0 heterocycles. The van der Waals surface area contributed by atoms with Gasteiger partial charge in [0.2, 0.25) is 0 Å². The fraction of sp³-hybridized carbons (Fsp3) is 0.364. The zero-order chi connectivity index (χ0) is 12.1. The van der Waals surface area contributed by atoms with Crippen LogP contribution >= 0.6 is 15.9 Å². The number of nitrogens with one attached hydrogen (secondary N) is 1. The van der Waals surface area contributed by atoms with Crippen molar-refractivity contribution in [3.8, 4) is 0 Å². The van der Waals surface area contributed by atoms with E-state index in [1.807, 2.05) is 6.92 Å². The molecule has 1 aromatic rings. The molecular weight excluding hydrogens is 277 g/mol. The van der Waals surface area contributed by atoms with Gasteiger partial charge in [0.15, 0.2) is 0 Å². The average molecular weight is 290 g/mol. The molecule has 1 unspecified atom stereocenters. The Labute approximate surface area is 102 Å². The van der Waals surface area contributed by atoms with Gasteiger partial charge in [0, 0.05) is 12.1 Å². The summed E-state index contributed by atoms with van der Waals surface area (Å²) in [7, 11) is 0. The lowest BCUT2D eigenvalue weighted by molar-refractivity contribution is 0.0913. The summed E-state index contributed by atoms with van der Waals surface area (Å²) in [5.41, 5.74) is 0.240. The van der Waals surface area contributed by atoms with Crippen molar-refractivity contribution in [2.45, 2.75) is 19.4 Å². The van der Waals surface area contributed by atoms with Crippen LogP contribution in [0.2, 0.25) is 0 Å². The fourth-order valence-electron chi connectivity index (χ4n) is 1.09. The normalized spacial score (nSPS) is 12.2. The summed E-state index contributed by atoms with van der Waals surface area (Å²) in [4.78, 5) is 11.5. The van der Waals surface area contributed by atoms with Crippen molar-refractivity contribution in [1.82, 2.24) is 5.32 Å². The van der Waals surface area contributed by atoms with Gasteiger partial charge in [0.05, 0.1) is 10.6 Å². The van der Waals surface area contributed by atoms with Gasteiger partial charge in [-0.25, -0.2) is 4.39 Å². The summed E-state index contributed by atoms with van der Waals surface area (Å²) >= 11 is 3.01. The van der Waals surface area contributed by atoms with E-state index in [2.05, 4.69) is 21.2 Å². The molecule has 0 bridgehead atoms. The Hall–Kier alpha value is -0.940. The number of halogens is 2. The Bertz CT molecular complexity index is 384. The van der Waals surface area contributed by atoms with Gasteiger partial charge < -0.3 is 10.4 Å². The van der Waals surface area contributed by atoms with Gasteiger partial charge in [-0.3, -0.25) is 4.79 Å². The van der Waals surface area contributed by atoms with Crippen LogP contribution < -0.4 is 5.32 Å². The summed E-state index contributed by atoms with van der Waals surface area (Å²) in [5, 5.41) is 11.8. The predicted octanol–water partition coefficient (Wildman–Crippen LogP) is 2.09. The second-order valence-electron chi connectivity index (χ2n) is 3.40. The van der Waals surface area contributed by atoms with Crippen molar-refractivity contribution in [3.05, 3.63) is 34.1 Å². The Balaban J connectivity index is 2.63. The fourth-order valence-corrected chi connectivity index (χ4v) is 1.34. The number of carbonyl (C=O) groups is 1. The number of rotatable bonds is 4. The maximum absolute atomic E-state index is 13.1. The first-order chi connectivity index (χ1) is 7.54. The van der Waals surface area contributed by atoms with E-state index in [0.717, 1.165) is 6.07 Å². The number of aliphatic hydroxyl groups is 1. The lowest BCUT2D eigenvalue weighted by atomic mass is 10.2. The summed E-state index contributed by atoms with van der Waals surface area (Å²) in [6.07, 6.45) is -0.00105. The molecule has 1 rings (SSSR count). The molecule has 0 saturated heterocycles. The summed E-state index contributed by atoms with van der Waals surface area (Å²) in [6, 6.07) is 4.14. The molecule has 0 saturated carbocycles. The summed E-state index contributed by atoms with van der Waals surface area (Å²) < 4.78 is 13.4. The van der Waals surface area contributed by atoms with Crippen molar-refractivity contribution < 1.29 is 14.3 Å². The van der Waals surface area contributed by atoms with E-state index < -0.39 is 11.9 Å². The second-order valence-corrected chi connectivity index (χ2v) is 4.26. The van der Waals surface area contributed by atoms with Gasteiger partial charge in [0.25, 0.3) is 5.91 Å². The van der Waals surface area contributed by atoms with E-state index in [1.165, 1.54) is 12.1 Å². The number of hydrogen-bond acceptors (Lipinski definition) is 2. The van der Waals surface area contributed by atoms with Gasteiger partial charge >= 0.3 is 0 Å². The minimum absolute atomic E-state index is 0.174. The zero-order valence-corrected chi connectivity index (χ0v) is 10.4. The van der Waals surface area contributed by atoms with Crippen LogP contribution in [-0.4, -0.2) is 23.7 Å². The molecule has 0 radical (unpaired) electrons. The lowest BCUT2D eigenvalue weighted by Crippen LogP contribution is -2.31. The summed E-state index contributed by atoms with van der Waals surface area (Å²) in [6.45, 7) is 1.99. The van der Waals surface area contributed by atoms with Crippen molar-refractivity contribution in [3.63, 3.8) is 0 Å². The highest BCUT2D eigenvalue weighted by Gasteiger charge is 2.09. The standard InChI is InChI=1S/C11H13BrFNO2/c1-2-8(15)6-14-11(16)7-3-4-9(12)10(13)5-7/h3-5,8,15H,2,6H2,1H3,(H,14,16). The van der Waals surface area contributed by atoms with Crippen LogP contribution in [0.1, 0.15) is 23.7 Å². The molecule has 1 amide bonds. The molecule has 0 spiro atoms. The van der Waals surface area contributed by atoms with Crippen LogP contribution in [-0.2, 0) is 0 Å². The van der Waals surface area contributed by atoms with Crippen LogP contribution in [0.25, 0.3) is 0 Å². The number of carbonyl (C=O) groups excluding carboxylic acids is 1. The Kier molecular flexibility index (Phi) is 4.89. The SMILES string of the molecule is CCC(O)CNC(=O)c1ccc(Br)c(F)c1. The molecule has 16 heavy (non-hydrogen) atoms. The van der Waals surface area contributed by atoms with Crippen LogP contribution in [0, 0.1) is 5.82 Å². The van der Waals surface area contributed by atoms with Crippen LogP contribution in [0.5, 0.6) is 0 Å². The Morgan fingerprint density at radius 3 is 2.88 bits per heavy atom. The molecule has 0 fully saturated rings. The molecule has 1 atom stereocenters. The molecule has 2 N–H and O–H groups in total. The first-order valence-electron chi connectivity index (χ1n) is 4.96. The molecule has 0 aliphatic rings. The molecule has 3 nitrogen and oxygen atoms in total. The number of hydrogen-bond donors (Lipinski definition) is 2. The first kappa shape index (κ1) is 13.1. The van der Waals surface area contributed by atoms with Gasteiger partial charge in [-0.2, -0.15) is 0 Å². The third kappa shape index (κ3) is 3.57. The highest BCUT2D eigenvalue weighted by atomic mass is 79.9. The molecule has 0 aromatic heterocycles. The topological polar surface area (TPSA) is 49.3 Å². The third-order valence-electron chi connectivity index (χ3n) is 2.15. The summed E-state index contributed by atoms with van der Waals surface area (Å²) in [5.74, 6) is -0.873. The van der Waals surface area contributed by atoms with Crippen molar-refractivity contribution in [1.29, 1.82) is 0 Å². The Morgan fingerprint density at radius 1 is 1.62 bits per heavy atom. The van der Waals surface area contributed by atoms with Crippen LogP contribution in [0.15, 0.2) is 22.7 Å². The highest BCUT2D eigenvalue weighted by molar-refractivity contribution is 9.10. The van der Waals surface area contributed by atoms with E-state index in [4.69, 9.17) is 0 Å². The van der Waals surface area contributed by atoms with Gasteiger partial charge in [-0.15, -0.1) is 0 Å². The van der Waals surface area contributed by atoms with Gasteiger partial charge in [-0.1, -0.05) is 6.92 Å². The minimum Gasteiger partial charge on any atom is -0.391 e. The maximum atomic E-state index is 13.1. The quantitative estimate of drug-likeness (QED) is 0.892. The lowest BCUT2D eigenvalue weighted by Gasteiger charge is -2.09. The van der Waals surface area contributed by atoms with Crippen molar-refractivity contribution in [2.75, 3.05) is 6.54 Å². The molecule has 88 valence electrons. The molecule has 1 aromatic carbocycles. The van der Waals surface area contributed by atoms with Crippen LogP contribution in [0.4, 0.5) is 4.39 Å². The molecule has 0 aliphatic heterocycles. The monoisotopic (exact) mass is 289 g/mol. The van der Waals surface area contributed by atoms with Gasteiger partial charge in [0.1, 0.15) is 5.82 Å². The first-order valence-corrected chi connectivity index (χ1v) is 5.75. The van der Waals surface area contributed by atoms with E-state index >= 15 is 0 Å². The number of benzene rings is 1. The van der Waals surface area contributed by atoms with E-state index in [-0.39, 0.29) is 18.0 Å². The van der Waals surface area contributed by atoms with E-state index in [0.29, 0.717) is 10.9 Å². The molecule has 0 aliphatic carbocycles. The maximum Gasteiger partial charge on any atom is 0.251 e. The van der Waals surface area contributed by atoms with Crippen molar-refractivity contribution in [2.24, 2.45) is 0 Å².